The van der Waals surface area contributed by atoms with Crippen molar-refractivity contribution in [3.8, 4) is 11.1 Å². The maximum Gasteiger partial charge on any atom is 0.222 e. The third-order valence-electron chi connectivity index (χ3n) is 6.35. The molecule has 158 valence electrons. The smallest absolute Gasteiger partial charge is 0.222 e. The van der Waals surface area contributed by atoms with Gasteiger partial charge in [-0.3, -0.25) is 14.9 Å². The van der Waals surface area contributed by atoms with Gasteiger partial charge in [-0.15, -0.1) is 0 Å². The quantitative estimate of drug-likeness (QED) is 0.513. The van der Waals surface area contributed by atoms with Crippen LogP contribution >= 0.6 is 0 Å². The minimum atomic E-state index is 0.252. The van der Waals surface area contributed by atoms with Crippen LogP contribution in [0.1, 0.15) is 25.0 Å². The molecule has 1 fully saturated rings. The van der Waals surface area contributed by atoms with Crippen molar-refractivity contribution in [2.75, 3.05) is 13.1 Å². The number of carbonyl (C=O) groups is 1. The number of fused-ring (bicyclic) bond motifs is 1. The number of piperidine rings is 1. The zero-order chi connectivity index (χ0) is 21.0. The molecule has 0 saturated carbocycles. The summed E-state index contributed by atoms with van der Waals surface area (Å²) < 4.78 is 2.36. The number of hydrogen-bond donors (Lipinski definition) is 1. The van der Waals surface area contributed by atoms with Crippen LogP contribution in [0.3, 0.4) is 0 Å². The summed E-state index contributed by atoms with van der Waals surface area (Å²) in [5.41, 5.74) is 4.54. The highest BCUT2D eigenvalue weighted by Gasteiger charge is 2.23. The molecule has 4 aromatic rings. The van der Waals surface area contributed by atoms with Gasteiger partial charge in [-0.1, -0.05) is 12.1 Å². The van der Waals surface area contributed by atoms with Gasteiger partial charge in [0.15, 0.2) is 0 Å². The number of pyridine rings is 1. The molecule has 0 unspecified atom stereocenters. The number of nitrogens with one attached hydrogen (secondary N) is 1. The van der Waals surface area contributed by atoms with Crippen molar-refractivity contribution in [2.45, 2.75) is 32.2 Å². The number of aromatic nitrogens is 4. The molecule has 5 rings (SSSR count). The van der Waals surface area contributed by atoms with E-state index < -0.39 is 0 Å². The van der Waals surface area contributed by atoms with E-state index in [1.807, 2.05) is 35.5 Å². The summed E-state index contributed by atoms with van der Waals surface area (Å²) in [5, 5.41) is 8.17. The molecule has 1 amide bonds. The number of hydrogen-bond acceptors (Lipinski definition) is 3. The normalized spacial score (nSPS) is 14.9. The molecule has 1 aliphatic heterocycles. The fourth-order valence-corrected chi connectivity index (χ4v) is 4.53. The Morgan fingerprint density at radius 2 is 2.00 bits per heavy atom. The van der Waals surface area contributed by atoms with E-state index in [9.17, 15) is 4.79 Å². The van der Waals surface area contributed by atoms with E-state index in [1.165, 1.54) is 16.5 Å². The first-order valence-electron chi connectivity index (χ1n) is 11.0. The molecule has 0 bridgehead atoms. The number of aryl methyl sites for hydroxylation is 1. The van der Waals surface area contributed by atoms with Crippen LogP contribution in [-0.2, 0) is 17.8 Å². The van der Waals surface area contributed by atoms with Crippen LogP contribution in [-0.4, -0.2) is 43.6 Å². The molecule has 1 saturated heterocycles. The van der Waals surface area contributed by atoms with Gasteiger partial charge in [-0.2, -0.15) is 5.10 Å². The van der Waals surface area contributed by atoms with Gasteiger partial charge < -0.3 is 9.47 Å². The summed E-state index contributed by atoms with van der Waals surface area (Å²) in [6.07, 6.45) is 11.1. The van der Waals surface area contributed by atoms with Crippen molar-refractivity contribution in [1.29, 1.82) is 0 Å². The van der Waals surface area contributed by atoms with Gasteiger partial charge in [-0.25, -0.2) is 0 Å². The molecule has 4 heterocycles. The van der Waals surface area contributed by atoms with Crippen LogP contribution in [0, 0.1) is 5.92 Å². The van der Waals surface area contributed by atoms with Crippen molar-refractivity contribution in [3.05, 3.63) is 72.9 Å². The fraction of sp³-hybridized carbons (Fsp3) is 0.320. The first-order chi connectivity index (χ1) is 15.3. The van der Waals surface area contributed by atoms with Gasteiger partial charge in [0.1, 0.15) is 0 Å². The van der Waals surface area contributed by atoms with Crippen LogP contribution in [0.25, 0.3) is 22.0 Å². The lowest BCUT2D eigenvalue weighted by Crippen LogP contribution is -2.39. The molecule has 1 aromatic carbocycles. The fourth-order valence-electron chi connectivity index (χ4n) is 4.53. The number of rotatable bonds is 6. The predicted molar refractivity (Wildman–Crippen MR) is 121 cm³/mol. The average molecular weight is 414 g/mol. The Balaban J connectivity index is 1.16. The van der Waals surface area contributed by atoms with Gasteiger partial charge in [0, 0.05) is 66.8 Å². The molecule has 6 nitrogen and oxygen atoms in total. The molecule has 6 heteroatoms. The van der Waals surface area contributed by atoms with Gasteiger partial charge in [0.25, 0.3) is 0 Å². The SMILES string of the molecule is O=C(CCc1ccccn1)N1CCC(Cn2ccc3cc(-c4cn[nH]c4)ccc32)CC1. The van der Waals surface area contributed by atoms with Crippen molar-refractivity contribution in [3.63, 3.8) is 0 Å². The van der Waals surface area contributed by atoms with Crippen LogP contribution in [0.2, 0.25) is 0 Å². The van der Waals surface area contributed by atoms with E-state index >= 15 is 0 Å². The monoisotopic (exact) mass is 413 g/mol. The van der Waals surface area contributed by atoms with Gasteiger partial charge >= 0.3 is 0 Å². The number of likely N-dealkylation sites (tertiary alicyclic amines) is 1. The van der Waals surface area contributed by atoms with E-state index in [-0.39, 0.29) is 5.91 Å². The van der Waals surface area contributed by atoms with E-state index in [1.54, 1.807) is 6.20 Å². The lowest BCUT2D eigenvalue weighted by Gasteiger charge is -2.32. The highest BCUT2D eigenvalue weighted by Crippen LogP contribution is 2.27. The highest BCUT2D eigenvalue weighted by atomic mass is 16.2. The summed E-state index contributed by atoms with van der Waals surface area (Å²) in [6.45, 7) is 2.72. The van der Waals surface area contributed by atoms with Crippen molar-refractivity contribution >= 4 is 16.8 Å². The number of aromatic amines is 1. The molecule has 0 spiro atoms. The number of amides is 1. The molecule has 1 N–H and O–H groups in total. The molecular weight excluding hydrogens is 386 g/mol. The second kappa shape index (κ2) is 8.76. The zero-order valence-electron chi connectivity index (χ0n) is 17.6. The Hall–Kier alpha value is -3.41. The first kappa shape index (κ1) is 19.5. The van der Waals surface area contributed by atoms with Crippen molar-refractivity contribution in [2.24, 2.45) is 5.92 Å². The highest BCUT2D eigenvalue weighted by molar-refractivity contribution is 5.85. The van der Waals surface area contributed by atoms with Crippen LogP contribution in [0.5, 0.6) is 0 Å². The summed E-state index contributed by atoms with van der Waals surface area (Å²) in [5.74, 6) is 0.853. The summed E-state index contributed by atoms with van der Waals surface area (Å²) in [4.78, 5) is 18.9. The van der Waals surface area contributed by atoms with Crippen LogP contribution < -0.4 is 0 Å². The minimum absolute atomic E-state index is 0.252. The second-order valence-corrected chi connectivity index (χ2v) is 8.37. The van der Waals surface area contributed by atoms with Crippen molar-refractivity contribution < 1.29 is 4.79 Å². The van der Waals surface area contributed by atoms with E-state index in [0.29, 0.717) is 12.3 Å². The Bertz CT molecular complexity index is 1140. The number of H-pyrrole nitrogens is 1. The molecule has 31 heavy (non-hydrogen) atoms. The first-order valence-corrected chi connectivity index (χ1v) is 11.0. The Morgan fingerprint density at radius 3 is 2.77 bits per heavy atom. The summed E-state index contributed by atoms with van der Waals surface area (Å²) >= 11 is 0. The van der Waals surface area contributed by atoms with Gasteiger partial charge in [-0.05, 0) is 61.1 Å². The van der Waals surface area contributed by atoms with Gasteiger partial charge in [0.05, 0.1) is 6.20 Å². The predicted octanol–water partition coefficient (Wildman–Crippen LogP) is 4.30. The summed E-state index contributed by atoms with van der Waals surface area (Å²) in [7, 11) is 0. The number of carbonyl (C=O) groups excluding carboxylic acids is 1. The third kappa shape index (κ3) is 4.38. The Morgan fingerprint density at radius 1 is 1.10 bits per heavy atom. The topological polar surface area (TPSA) is 66.8 Å². The van der Waals surface area contributed by atoms with Crippen LogP contribution in [0.4, 0.5) is 0 Å². The van der Waals surface area contributed by atoms with E-state index in [2.05, 4.69) is 50.2 Å². The second-order valence-electron chi connectivity index (χ2n) is 8.37. The van der Waals surface area contributed by atoms with Crippen molar-refractivity contribution in [1.82, 2.24) is 24.6 Å². The van der Waals surface area contributed by atoms with E-state index in [0.717, 1.165) is 50.2 Å². The summed E-state index contributed by atoms with van der Waals surface area (Å²) in [6, 6.07) is 14.6. The molecular formula is C25H27N5O. The maximum atomic E-state index is 12.6. The number of nitrogens with zero attached hydrogens (tertiary/aromatic N) is 4. The largest absolute Gasteiger partial charge is 0.347 e. The average Bonchev–Trinajstić information content (AvgIpc) is 3.49. The molecule has 1 aliphatic rings. The van der Waals surface area contributed by atoms with Crippen LogP contribution in [0.15, 0.2) is 67.3 Å². The van der Waals surface area contributed by atoms with Gasteiger partial charge in [0.2, 0.25) is 5.91 Å². The Labute approximate surface area is 181 Å². The number of benzene rings is 1. The van der Waals surface area contributed by atoms with E-state index in [4.69, 9.17) is 0 Å². The molecule has 3 aromatic heterocycles. The third-order valence-corrected chi connectivity index (χ3v) is 6.35. The maximum absolute atomic E-state index is 12.6. The lowest BCUT2D eigenvalue weighted by molar-refractivity contribution is -0.132. The minimum Gasteiger partial charge on any atom is -0.347 e. The zero-order valence-corrected chi connectivity index (χ0v) is 17.6. The Kier molecular flexibility index (Phi) is 5.52. The molecule has 0 aliphatic carbocycles. The molecule has 0 radical (unpaired) electrons. The molecule has 0 atom stereocenters. The lowest BCUT2D eigenvalue weighted by atomic mass is 9.96. The standard InChI is InChI=1S/C25H27N5O/c31-25(7-5-23-3-1-2-11-26-23)29-12-8-19(9-13-29)18-30-14-10-21-15-20(4-6-24(21)30)22-16-27-28-17-22/h1-4,6,10-11,14-17,19H,5,7-9,12-13,18H2,(H,27,28).